The van der Waals surface area contributed by atoms with Crippen LogP contribution in [0, 0.1) is 0 Å². The van der Waals surface area contributed by atoms with Crippen molar-refractivity contribution in [1.82, 2.24) is 10.2 Å². The lowest BCUT2D eigenvalue weighted by atomic mass is 10.2. The third kappa shape index (κ3) is 3.32. The maximum atomic E-state index is 3.54. The van der Waals surface area contributed by atoms with Crippen molar-refractivity contribution in [2.45, 2.75) is 32.4 Å². The standard InChI is InChI=1S/C14H22N2/c1-13(16-9-5-6-10-16)11-15-12-14-7-3-2-4-8-14/h2-4,7-8,13,15H,5-6,9-12H2,1H3. The van der Waals surface area contributed by atoms with Crippen LogP contribution < -0.4 is 5.32 Å². The van der Waals surface area contributed by atoms with Crippen LogP contribution in [0.25, 0.3) is 0 Å². The van der Waals surface area contributed by atoms with Crippen LogP contribution >= 0.6 is 0 Å². The van der Waals surface area contributed by atoms with Crippen molar-refractivity contribution in [3.05, 3.63) is 35.9 Å². The second-order valence-corrected chi connectivity index (χ2v) is 4.71. The van der Waals surface area contributed by atoms with E-state index in [4.69, 9.17) is 0 Å². The Labute approximate surface area is 98.7 Å². The van der Waals surface area contributed by atoms with Gasteiger partial charge in [0.05, 0.1) is 0 Å². The SMILES string of the molecule is CC(CNCc1ccccc1)N1CCCC1. The molecule has 2 nitrogen and oxygen atoms in total. The van der Waals surface area contributed by atoms with E-state index in [2.05, 4.69) is 47.5 Å². The first-order valence-corrected chi connectivity index (χ1v) is 6.35. The molecule has 0 aliphatic carbocycles. The zero-order valence-electron chi connectivity index (χ0n) is 10.2. The van der Waals surface area contributed by atoms with E-state index in [1.165, 1.54) is 31.5 Å². The monoisotopic (exact) mass is 218 g/mol. The number of nitrogens with one attached hydrogen (secondary N) is 1. The number of nitrogens with zero attached hydrogens (tertiary/aromatic N) is 1. The summed E-state index contributed by atoms with van der Waals surface area (Å²) in [6, 6.07) is 11.3. The summed E-state index contributed by atoms with van der Waals surface area (Å²) in [5.74, 6) is 0. The van der Waals surface area contributed by atoms with Crippen LogP contribution in [-0.4, -0.2) is 30.6 Å². The second kappa shape index (κ2) is 6.02. The highest BCUT2D eigenvalue weighted by Gasteiger charge is 2.16. The second-order valence-electron chi connectivity index (χ2n) is 4.71. The number of rotatable bonds is 5. The van der Waals surface area contributed by atoms with E-state index in [1.807, 2.05) is 0 Å². The Kier molecular flexibility index (Phi) is 4.37. The predicted octanol–water partition coefficient (Wildman–Crippen LogP) is 2.26. The van der Waals surface area contributed by atoms with Crippen molar-refractivity contribution in [1.29, 1.82) is 0 Å². The average molecular weight is 218 g/mol. The van der Waals surface area contributed by atoms with E-state index in [0.29, 0.717) is 6.04 Å². The molecule has 1 atom stereocenters. The van der Waals surface area contributed by atoms with Gasteiger partial charge in [0.15, 0.2) is 0 Å². The number of hydrogen-bond acceptors (Lipinski definition) is 2. The maximum absolute atomic E-state index is 3.54. The molecular formula is C14H22N2. The van der Waals surface area contributed by atoms with Gasteiger partial charge in [-0.3, -0.25) is 4.90 Å². The molecule has 0 bridgehead atoms. The third-order valence-corrected chi connectivity index (χ3v) is 3.38. The summed E-state index contributed by atoms with van der Waals surface area (Å²) in [6.07, 6.45) is 2.76. The molecule has 16 heavy (non-hydrogen) atoms. The zero-order chi connectivity index (χ0) is 11.2. The highest BCUT2D eigenvalue weighted by Crippen LogP contribution is 2.10. The first-order chi connectivity index (χ1) is 7.86. The molecule has 1 aromatic carbocycles. The van der Waals surface area contributed by atoms with Gasteiger partial charge in [0, 0.05) is 19.1 Å². The lowest BCUT2D eigenvalue weighted by Gasteiger charge is -2.23. The lowest BCUT2D eigenvalue weighted by Crippen LogP contribution is -2.38. The Morgan fingerprint density at radius 1 is 1.19 bits per heavy atom. The molecule has 0 radical (unpaired) electrons. The minimum atomic E-state index is 0.672. The summed E-state index contributed by atoms with van der Waals surface area (Å²) in [4.78, 5) is 2.58. The maximum Gasteiger partial charge on any atom is 0.0206 e. The number of likely N-dealkylation sites (tertiary alicyclic amines) is 1. The van der Waals surface area contributed by atoms with Gasteiger partial charge in [-0.15, -0.1) is 0 Å². The molecule has 88 valence electrons. The Hall–Kier alpha value is -0.860. The van der Waals surface area contributed by atoms with Gasteiger partial charge in [-0.1, -0.05) is 30.3 Å². The van der Waals surface area contributed by atoms with E-state index < -0.39 is 0 Å². The number of benzene rings is 1. The molecule has 1 fully saturated rings. The summed E-state index contributed by atoms with van der Waals surface area (Å²) in [6.45, 7) is 6.97. The fraction of sp³-hybridized carbons (Fsp3) is 0.571. The smallest absolute Gasteiger partial charge is 0.0206 e. The molecule has 0 aromatic heterocycles. The van der Waals surface area contributed by atoms with Crippen molar-refractivity contribution < 1.29 is 0 Å². The molecule has 2 heteroatoms. The van der Waals surface area contributed by atoms with Crippen LogP contribution in [0.5, 0.6) is 0 Å². The van der Waals surface area contributed by atoms with Gasteiger partial charge in [0.2, 0.25) is 0 Å². The quantitative estimate of drug-likeness (QED) is 0.815. The molecule has 1 N–H and O–H groups in total. The third-order valence-electron chi connectivity index (χ3n) is 3.38. The largest absolute Gasteiger partial charge is 0.311 e. The molecule has 1 aliphatic heterocycles. The normalized spacial score (nSPS) is 18.8. The van der Waals surface area contributed by atoms with E-state index in [9.17, 15) is 0 Å². The van der Waals surface area contributed by atoms with E-state index in [-0.39, 0.29) is 0 Å². The Bertz CT molecular complexity index is 291. The molecule has 1 heterocycles. The van der Waals surface area contributed by atoms with Gasteiger partial charge in [-0.05, 0) is 38.4 Å². The van der Waals surface area contributed by atoms with Crippen molar-refractivity contribution >= 4 is 0 Å². The van der Waals surface area contributed by atoms with Gasteiger partial charge in [-0.2, -0.15) is 0 Å². The van der Waals surface area contributed by atoms with Crippen molar-refractivity contribution in [2.24, 2.45) is 0 Å². The van der Waals surface area contributed by atoms with Crippen molar-refractivity contribution in [2.75, 3.05) is 19.6 Å². The topological polar surface area (TPSA) is 15.3 Å². The first-order valence-electron chi connectivity index (χ1n) is 6.35. The van der Waals surface area contributed by atoms with Crippen molar-refractivity contribution in [3.8, 4) is 0 Å². The molecule has 0 spiro atoms. The summed E-state index contributed by atoms with van der Waals surface area (Å²) < 4.78 is 0. The minimum Gasteiger partial charge on any atom is -0.311 e. The molecular weight excluding hydrogens is 196 g/mol. The summed E-state index contributed by atoms with van der Waals surface area (Å²) >= 11 is 0. The number of hydrogen-bond donors (Lipinski definition) is 1. The zero-order valence-corrected chi connectivity index (χ0v) is 10.2. The lowest BCUT2D eigenvalue weighted by molar-refractivity contribution is 0.251. The van der Waals surface area contributed by atoms with Crippen LogP contribution in [0.1, 0.15) is 25.3 Å². The molecule has 1 unspecified atom stereocenters. The van der Waals surface area contributed by atoms with E-state index in [0.717, 1.165) is 13.1 Å². The fourth-order valence-corrected chi connectivity index (χ4v) is 2.33. The van der Waals surface area contributed by atoms with Crippen LogP contribution in [0.3, 0.4) is 0 Å². The van der Waals surface area contributed by atoms with E-state index >= 15 is 0 Å². The molecule has 1 aromatic rings. The molecule has 0 amide bonds. The van der Waals surface area contributed by atoms with Gasteiger partial charge in [0.1, 0.15) is 0 Å². The molecule has 0 saturated carbocycles. The van der Waals surface area contributed by atoms with Gasteiger partial charge < -0.3 is 5.32 Å². The first kappa shape index (κ1) is 11.6. The van der Waals surface area contributed by atoms with Gasteiger partial charge in [0.25, 0.3) is 0 Å². The fourth-order valence-electron chi connectivity index (χ4n) is 2.33. The predicted molar refractivity (Wildman–Crippen MR) is 68.4 cm³/mol. The molecule has 1 saturated heterocycles. The Balaban J connectivity index is 1.67. The van der Waals surface area contributed by atoms with Gasteiger partial charge in [-0.25, -0.2) is 0 Å². The van der Waals surface area contributed by atoms with Crippen LogP contribution in [0.4, 0.5) is 0 Å². The molecule has 2 rings (SSSR count). The molecule has 1 aliphatic rings. The summed E-state index contributed by atoms with van der Waals surface area (Å²) in [5.41, 5.74) is 1.37. The highest BCUT2D eigenvalue weighted by molar-refractivity contribution is 5.14. The summed E-state index contributed by atoms with van der Waals surface area (Å²) in [5, 5.41) is 3.54. The van der Waals surface area contributed by atoms with Crippen molar-refractivity contribution in [3.63, 3.8) is 0 Å². The highest BCUT2D eigenvalue weighted by atomic mass is 15.2. The minimum absolute atomic E-state index is 0.672. The average Bonchev–Trinajstić information content (AvgIpc) is 2.84. The van der Waals surface area contributed by atoms with Crippen LogP contribution in [-0.2, 0) is 6.54 Å². The van der Waals surface area contributed by atoms with Gasteiger partial charge >= 0.3 is 0 Å². The van der Waals surface area contributed by atoms with Crippen LogP contribution in [0.15, 0.2) is 30.3 Å². The van der Waals surface area contributed by atoms with E-state index in [1.54, 1.807) is 0 Å². The Morgan fingerprint density at radius 3 is 2.56 bits per heavy atom. The Morgan fingerprint density at radius 2 is 1.88 bits per heavy atom. The summed E-state index contributed by atoms with van der Waals surface area (Å²) in [7, 11) is 0. The van der Waals surface area contributed by atoms with Crippen LogP contribution in [0.2, 0.25) is 0 Å².